The summed E-state index contributed by atoms with van der Waals surface area (Å²) in [5.41, 5.74) is 1.41. The van der Waals surface area contributed by atoms with Crippen LogP contribution in [0.5, 0.6) is 5.75 Å². The van der Waals surface area contributed by atoms with Gasteiger partial charge < -0.3 is 10.1 Å². The Hall–Kier alpha value is -2.04. The van der Waals surface area contributed by atoms with Crippen LogP contribution >= 0.6 is 23.2 Å². The third-order valence-electron chi connectivity index (χ3n) is 3.67. The maximum absolute atomic E-state index is 12.0. The molecule has 2 aromatic carbocycles. The van der Waals surface area contributed by atoms with Gasteiger partial charge in [-0.05, 0) is 48.9 Å². The Morgan fingerprint density at radius 2 is 1.80 bits per heavy atom. The summed E-state index contributed by atoms with van der Waals surface area (Å²) < 4.78 is 5.44. The number of rotatable bonds is 7. The van der Waals surface area contributed by atoms with Crippen LogP contribution in [0.3, 0.4) is 0 Å². The summed E-state index contributed by atoms with van der Waals surface area (Å²) in [5, 5.41) is 3.86. The fraction of sp³-hybridized carbons (Fsp3) is 0.263. The number of hydrogen-bond donors (Lipinski definition) is 1. The highest BCUT2D eigenvalue weighted by molar-refractivity contribution is 6.35. The number of carbonyl (C=O) groups excluding carboxylic acids is 2. The summed E-state index contributed by atoms with van der Waals surface area (Å²) in [6.07, 6.45) is 0.452. The quantitative estimate of drug-likeness (QED) is 0.700. The third kappa shape index (κ3) is 5.48. The van der Waals surface area contributed by atoms with E-state index in [1.807, 2.05) is 13.8 Å². The van der Waals surface area contributed by atoms with Crippen LogP contribution in [0.2, 0.25) is 10.0 Å². The summed E-state index contributed by atoms with van der Waals surface area (Å²) in [6, 6.07) is 11.6. The topological polar surface area (TPSA) is 55.4 Å². The molecule has 25 heavy (non-hydrogen) atoms. The Morgan fingerprint density at radius 1 is 1.12 bits per heavy atom. The molecule has 0 unspecified atom stereocenters. The van der Waals surface area contributed by atoms with E-state index in [1.54, 1.807) is 42.5 Å². The van der Waals surface area contributed by atoms with Gasteiger partial charge in [0.15, 0.2) is 12.4 Å². The van der Waals surface area contributed by atoms with Gasteiger partial charge >= 0.3 is 0 Å². The number of carbonyl (C=O) groups is 2. The molecule has 2 rings (SSSR count). The van der Waals surface area contributed by atoms with E-state index in [1.165, 1.54) is 0 Å². The van der Waals surface area contributed by atoms with Crippen LogP contribution < -0.4 is 10.1 Å². The van der Waals surface area contributed by atoms with Crippen molar-refractivity contribution in [1.29, 1.82) is 0 Å². The van der Waals surface area contributed by atoms with Gasteiger partial charge in [-0.3, -0.25) is 9.59 Å². The minimum absolute atomic E-state index is 0.0676. The highest BCUT2D eigenvalue weighted by Gasteiger charge is 2.13. The maximum atomic E-state index is 12.0. The summed E-state index contributed by atoms with van der Waals surface area (Å²) in [6.45, 7) is 3.51. The highest BCUT2D eigenvalue weighted by atomic mass is 35.5. The van der Waals surface area contributed by atoms with E-state index in [9.17, 15) is 9.59 Å². The Labute approximate surface area is 157 Å². The standard InChI is InChI=1S/C19H19Cl2NO3/c1-3-18(23)13-4-7-15(8-5-13)25-11-19(24)22-12(2)16-9-6-14(20)10-17(16)21/h4-10,12H,3,11H2,1-2H3,(H,22,24)/t12-/m0/s1. The maximum Gasteiger partial charge on any atom is 0.258 e. The van der Waals surface area contributed by atoms with E-state index in [0.29, 0.717) is 27.8 Å². The van der Waals surface area contributed by atoms with Crippen molar-refractivity contribution in [3.05, 3.63) is 63.6 Å². The van der Waals surface area contributed by atoms with Crippen molar-refractivity contribution in [2.75, 3.05) is 6.61 Å². The van der Waals surface area contributed by atoms with Gasteiger partial charge in [0.2, 0.25) is 0 Å². The number of amides is 1. The van der Waals surface area contributed by atoms with E-state index in [2.05, 4.69) is 5.32 Å². The van der Waals surface area contributed by atoms with Crippen molar-refractivity contribution in [2.24, 2.45) is 0 Å². The van der Waals surface area contributed by atoms with Crippen LogP contribution in [-0.4, -0.2) is 18.3 Å². The normalized spacial score (nSPS) is 11.7. The molecule has 0 fully saturated rings. The lowest BCUT2D eigenvalue weighted by Gasteiger charge is -2.16. The first-order valence-corrected chi connectivity index (χ1v) is 8.66. The molecule has 0 radical (unpaired) electrons. The van der Waals surface area contributed by atoms with Crippen LogP contribution in [0.1, 0.15) is 42.2 Å². The third-order valence-corrected chi connectivity index (χ3v) is 4.24. The summed E-state index contributed by atoms with van der Waals surface area (Å²) >= 11 is 12.0. The first-order valence-electron chi connectivity index (χ1n) is 7.91. The van der Waals surface area contributed by atoms with Gasteiger partial charge in [0, 0.05) is 22.0 Å². The minimum Gasteiger partial charge on any atom is -0.484 e. The Bertz CT molecular complexity index is 760. The number of benzene rings is 2. The van der Waals surface area contributed by atoms with Gasteiger partial charge in [0.05, 0.1) is 6.04 Å². The van der Waals surface area contributed by atoms with Gasteiger partial charge in [-0.15, -0.1) is 0 Å². The first kappa shape index (κ1) is 19.3. The molecule has 4 nitrogen and oxygen atoms in total. The summed E-state index contributed by atoms with van der Waals surface area (Å²) in [4.78, 5) is 23.6. The van der Waals surface area contributed by atoms with Crippen molar-refractivity contribution in [1.82, 2.24) is 5.32 Å². The molecule has 1 atom stereocenters. The van der Waals surface area contributed by atoms with E-state index >= 15 is 0 Å². The van der Waals surface area contributed by atoms with Crippen LogP contribution in [0.25, 0.3) is 0 Å². The second kappa shape index (κ2) is 8.88. The monoisotopic (exact) mass is 379 g/mol. The highest BCUT2D eigenvalue weighted by Crippen LogP contribution is 2.26. The van der Waals surface area contributed by atoms with Crippen LogP contribution in [0.15, 0.2) is 42.5 Å². The molecule has 0 heterocycles. The molecule has 132 valence electrons. The lowest BCUT2D eigenvalue weighted by atomic mass is 10.1. The van der Waals surface area contributed by atoms with Gasteiger partial charge in [-0.25, -0.2) is 0 Å². The molecule has 2 aromatic rings. The molecular formula is C19H19Cl2NO3. The summed E-state index contributed by atoms with van der Waals surface area (Å²) in [7, 11) is 0. The molecule has 0 saturated carbocycles. The average Bonchev–Trinajstić information content (AvgIpc) is 2.59. The van der Waals surface area contributed by atoms with Crippen molar-refractivity contribution in [3.8, 4) is 5.75 Å². The number of ketones is 1. The fourth-order valence-electron chi connectivity index (χ4n) is 2.30. The molecule has 0 bridgehead atoms. The lowest BCUT2D eigenvalue weighted by Crippen LogP contribution is -2.31. The first-order chi connectivity index (χ1) is 11.9. The minimum atomic E-state index is -0.273. The molecule has 1 N–H and O–H groups in total. The van der Waals surface area contributed by atoms with E-state index in [0.717, 1.165) is 5.56 Å². The van der Waals surface area contributed by atoms with E-state index < -0.39 is 0 Å². The SMILES string of the molecule is CCC(=O)c1ccc(OCC(=O)N[C@@H](C)c2ccc(Cl)cc2Cl)cc1. The molecule has 0 aromatic heterocycles. The van der Waals surface area contributed by atoms with Crippen molar-refractivity contribution in [2.45, 2.75) is 26.3 Å². The Kier molecular flexibility index (Phi) is 6.85. The molecule has 0 aliphatic rings. The number of hydrogen-bond acceptors (Lipinski definition) is 3. The van der Waals surface area contributed by atoms with Gasteiger partial charge in [0.1, 0.15) is 5.75 Å². The van der Waals surface area contributed by atoms with Crippen molar-refractivity contribution >= 4 is 34.9 Å². The predicted octanol–water partition coefficient (Wildman–Crippen LogP) is 4.84. The number of halogens is 2. The molecule has 6 heteroatoms. The van der Waals surface area contributed by atoms with Crippen LogP contribution in [0, 0.1) is 0 Å². The second-order valence-corrected chi connectivity index (χ2v) is 6.39. The zero-order chi connectivity index (χ0) is 18.4. The summed E-state index contributed by atoms with van der Waals surface area (Å²) in [5.74, 6) is 0.324. The van der Waals surface area contributed by atoms with E-state index in [4.69, 9.17) is 27.9 Å². The van der Waals surface area contributed by atoms with Crippen molar-refractivity contribution in [3.63, 3.8) is 0 Å². The molecule has 0 aliphatic heterocycles. The van der Waals surface area contributed by atoms with Gasteiger partial charge in [-0.1, -0.05) is 36.2 Å². The van der Waals surface area contributed by atoms with Crippen molar-refractivity contribution < 1.29 is 14.3 Å². The smallest absolute Gasteiger partial charge is 0.258 e. The molecule has 0 saturated heterocycles. The molecular weight excluding hydrogens is 361 g/mol. The average molecular weight is 380 g/mol. The molecule has 0 aliphatic carbocycles. The molecule has 1 amide bonds. The Morgan fingerprint density at radius 3 is 2.40 bits per heavy atom. The van der Waals surface area contributed by atoms with E-state index in [-0.39, 0.29) is 24.3 Å². The number of nitrogens with one attached hydrogen (secondary N) is 1. The second-order valence-electron chi connectivity index (χ2n) is 5.54. The zero-order valence-corrected chi connectivity index (χ0v) is 15.5. The Balaban J connectivity index is 1.88. The van der Waals surface area contributed by atoms with Gasteiger partial charge in [-0.2, -0.15) is 0 Å². The predicted molar refractivity (Wildman–Crippen MR) is 99.6 cm³/mol. The molecule has 0 spiro atoms. The van der Waals surface area contributed by atoms with Gasteiger partial charge in [0.25, 0.3) is 5.91 Å². The number of Topliss-reactive ketones (excluding diaryl/α,β-unsaturated/α-hetero) is 1. The number of ether oxygens (including phenoxy) is 1. The largest absolute Gasteiger partial charge is 0.484 e. The zero-order valence-electron chi connectivity index (χ0n) is 14.0. The van der Waals surface area contributed by atoms with Crippen LogP contribution in [0.4, 0.5) is 0 Å². The lowest BCUT2D eigenvalue weighted by molar-refractivity contribution is -0.123. The fourth-order valence-corrected chi connectivity index (χ4v) is 2.88. The van der Waals surface area contributed by atoms with Crippen LogP contribution in [-0.2, 0) is 4.79 Å².